The minimum Gasteiger partial charge on any atom is -0.508 e. The number of para-hydroxylation sites is 1. The van der Waals surface area contributed by atoms with Gasteiger partial charge in [0.2, 0.25) is 0 Å². The molecule has 0 aromatic heterocycles. The third kappa shape index (κ3) is 36.3. The van der Waals surface area contributed by atoms with Gasteiger partial charge in [-0.2, -0.15) is 0 Å². The third-order valence-electron chi connectivity index (χ3n) is 13.7. The zero-order chi connectivity index (χ0) is 54.7. The van der Waals surface area contributed by atoms with Crippen molar-refractivity contribution in [1.82, 2.24) is 0 Å². The highest BCUT2D eigenvalue weighted by Crippen LogP contribution is 2.35. The maximum Gasteiger partial charge on any atom is 0.160 e. The van der Waals surface area contributed by atoms with E-state index in [0.717, 1.165) is 60.8 Å². The minimum absolute atomic E-state index is 0. The summed E-state index contributed by atoms with van der Waals surface area (Å²) in [6, 6.07) is 36.5. The molecule has 0 radical (unpaired) electrons. The predicted octanol–water partition coefficient (Wildman–Crippen LogP) is 25.0. The lowest BCUT2D eigenvalue weighted by Gasteiger charge is -2.23. The summed E-state index contributed by atoms with van der Waals surface area (Å²) in [6.45, 7) is 29.6. The van der Waals surface area contributed by atoms with Crippen LogP contribution in [-0.2, 0) is 5.41 Å². The molecule has 84 heavy (non-hydrogen) atoms. The predicted molar refractivity (Wildman–Crippen MR) is 381 cm³/mol. The van der Waals surface area contributed by atoms with E-state index in [-0.39, 0.29) is 129 Å². The maximum absolute atomic E-state index is 9.51. The molecule has 6 rings (SSSR count). The Bertz CT molecular complexity index is 2400. The Labute approximate surface area is 522 Å². The summed E-state index contributed by atoms with van der Waals surface area (Å²) in [5.41, 5.74) is 7.78. The van der Waals surface area contributed by atoms with Crippen LogP contribution >= 0.6 is 0 Å². The van der Waals surface area contributed by atoms with E-state index in [9.17, 15) is 30.6 Å². The van der Waals surface area contributed by atoms with Crippen molar-refractivity contribution in [2.24, 2.45) is 0 Å². The molecule has 5 atom stereocenters. The first-order chi connectivity index (χ1) is 33.9. The van der Waals surface area contributed by atoms with Crippen LogP contribution in [0.1, 0.15) is 286 Å². The largest absolute Gasteiger partial charge is 0.508 e. The van der Waals surface area contributed by atoms with Crippen molar-refractivity contribution >= 4 is 0 Å². The number of hydrogen-bond donors (Lipinski definition) is 8. The van der Waals surface area contributed by atoms with Gasteiger partial charge in [-0.3, -0.25) is 0 Å². The van der Waals surface area contributed by atoms with Gasteiger partial charge in [-0.1, -0.05) is 240 Å². The van der Waals surface area contributed by atoms with Crippen LogP contribution in [0.5, 0.6) is 51.7 Å². The fourth-order valence-electron chi connectivity index (χ4n) is 6.86. The van der Waals surface area contributed by atoms with Gasteiger partial charge < -0.3 is 45.6 Å². The van der Waals surface area contributed by atoms with Crippen LogP contribution in [0.4, 0.5) is 0 Å². The lowest BCUT2D eigenvalue weighted by Crippen LogP contribution is -2.14. The first kappa shape index (κ1) is 106. The number of benzene rings is 6. The van der Waals surface area contributed by atoms with Gasteiger partial charge in [-0.25, -0.2) is 0 Å². The average molecular weight is 1180 g/mol. The SMILES string of the molecule is C.C.C.C.C.C.C.C.C.C.C.C.CCC(C)(C)c1cccc(O)c1.CCC(C)c1ccc(C)c(O)c1.CCC(C)c1ccc(O)c(O)c1.CCC(C)c1ccc(OC)c(O)c1.CCC(C)c1cccc(O)c1.CCC(C)c1cccc(O)c1O. The molecule has 0 bridgehead atoms. The number of methoxy groups -OCH3 is 1. The summed E-state index contributed by atoms with van der Waals surface area (Å²) in [7, 11) is 1.55. The molecule has 0 aliphatic carbocycles. The van der Waals surface area contributed by atoms with Crippen molar-refractivity contribution in [2.45, 2.75) is 260 Å². The van der Waals surface area contributed by atoms with E-state index in [1.807, 2.05) is 81.4 Å². The molecule has 9 nitrogen and oxygen atoms in total. The van der Waals surface area contributed by atoms with Crippen molar-refractivity contribution < 1.29 is 45.6 Å². The fraction of sp³-hybridized carbons (Fsp3) is 0.520. The van der Waals surface area contributed by atoms with Gasteiger partial charge in [0.05, 0.1) is 7.11 Å². The van der Waals surface area contributed by atoms with E-state index in [2.05, 4.69) is 88.3 Å². The first-order valence-electron chi connectivity index (χ1n) is 25.7. The molecule has 6 aromatic rings. The highest BCUT2D eigenvalue weighted by molar-refractivity contribution is 5.46. The second-order valence-electron chi connectivity index (χ2n) is 19.4. The number of phenols is 8. The molecule has 0 spiro atoms. The molecular weight excluding hydrogens is 1040 g/mol. The molecule has 0 aliphatic heterocycles. The zero-order valence-corrected chi connectivity index (χ0v) is 46.2. The lowest BCUT2D eigenvalue weighted by atomic mass is 9.82. The maximum atomic E-state index is 9.51. The molecule has 0 saturated carbocycles. The Balaban J connectivity index is -0.0000000720. The monoisotopic (exact) mass is 1180 g/mol. The van der Waals surface area contributed by atoms with Crippen molar-refractivity contribution in [3.8, 4) is 51.7 Å². The van der Waals surface area contributed by atoms with Gasteiger partial charge >= 0.3 is 0 Å². The summed E-state index contributed by atoms with van der Waals surface area (Å²) < 4.78 is 4.96. The molecule has 0 fully saturated rings. The van der Waals surface area contributed by atoms with Crippen LogP contribution in [-0.4, -0.2) is 48.0 Å². The van der Waals surface area contributed by atoms with Gasteiger partial charge in [-0.15, -0.1) is 0 Å². The van der Waals surface area contributed by atoms with Gasteiger partial charge in [0.25, 0.3) is 0 Å². The summed E-state index contributed by atoms with van der Waals surface area (Å²) in [4.78, 5) is 0. The van der Waals surface area contributed by atoms with Gasteiger partial charge in [0.15, 0.2) is 34.5 Å². The van der Waals surface area contributed by atoms with E-state index in [1.54, 1.807) is 43.5 Å². The Kier molecular flexibility index (Phi) is 68.5. The molecule has 6 aromatic carbocycles. The minimum atomic E-state index is -0.0537. The molecule has 9 heteroatoms. The van der Waals surface area contributed by atoms with Crippen LogP contribution < -0.4 is 4.74 Å². The standard InChI is InChI=1S/C11H16O2.2C11H16O.2C10H14O2.C10H14O.12CH4/c1-4-8(2)9-5-6-11(13-3)10(12)7-9;1-4-8(2)10-6-5-9(3)11(12)7-10;1-4-11(2,3)9-6-5-7-10(12)8-9;1-3-7(2)8-4-5-9(11)10(12)6-8;1-3-7(2)8-5-4-6-9(11)10(8)12;1-3-8(2)9-5-4-6-10(11)7-9;;;;;;;;;;;;/h5-8,12H,4H2,1-3H3;2*5-8,12H,4H2,1-3H3;2*4-7,11-12H,3H2,1-2H3;4-8,11H,3H2,1-2H3;12*1H4. The third-order valence-corrected chi connectivity index (χ3v) is 13.7. The van der Waals surface area contributed by atoms with E-state index < -0.39 is 0 Å². The second kappa shape index (κ2) is 54.5. The lowest BCUT2D eigenvalue weighted by molar-refractivity contribution is 0.373. The Morgan fingerprint density at radius 1 is 0.369 bits per heavy atom. The molecule has 0 aliphatic rings. The van der Waals surface area contributed by atoms with Crippen LogP contribution in [0, 0.1) is 6.92 Å². The Morgan fingerprint density at radius 2 is 0.738 bits per heavy atom. The van der Waals surface area contributed by atoms with Crippen LogP contribution in [0.25, 0.3) is 0 Å². The highest BCUT2D eigenvalue weighted by atomic mass is 16.5. The highest BCUT2D eigenvalue weighted by Gasteiger charge is 2.18. The van der Waals surface area contributed by atoms with E-state index >= 15 is 0 Å². The van der Waals surface area contributed by atoms with E-state index in [1.165, 1.54) is 28.8 Å². The van der Waals surface area contributed by atoms with Crippen molar-refractivity contribution in [2.75, 3.05) is 7.11 Å². The summed E-state index contributed by atoms with van der Waals surface area (Å²) in [5, 5.41) is 74.3. The van der Waals surface area contributed by atoms with Crippen LogP contribution in [0.3, 0.4) is 0 Å². The number of aryl methyl sites for hydroxylation is 1. The van der Waals surface area contributed by atoms with Gasteiger partial charge in [0.1, 0.15) is 17.2 Å². The van der Waals surface area contributed by atoms with Crippen molar-refractivity contribution in [3.05, 3.63) is 160 Å². The first-order valence-corrected chi connectivity index (χ1v) is 25.7. The molecule has 0 heterocycles. The topological polar surface area (TPSA) is 171 Å². The average Bonchev–Trinajstić information content (AvgIpc) is 3.38. The van der Waals surface area contributed by atoms with Crippen LogP contribution in [0.2, 0.25) is 0 Å². The second-order valence-corrected chi connectivity index (χ2v) is 19.4. The quantitative estimate of drug-likeness (QED) is 0.0524. The van der Waals surface area contributed by atoms with E-state index in [0.29, 0.717) is 46.7 Å². The van der Waals surface area contributed by atoms with E-state index in [4.69, 9.17) is 14.9 Å². The summed E-state index contributed by atoms with van der Waals surface area (Å²) in [5.74, 6) is 4.07. The fourth-order valence-corrected chi connectivity index (χ4v) is 6.86. The number of aromatic hydroxyl groups is 8. The molecule has 5 unspecified atom stereocenters. The number of phenolic OH excluding ortho intramolecular Hbond substituents is 8. The Hall–Kier alpha value is -6.48. The smallest absolute Gasteiger partial charge is 0.160 e. The zero-order valence-electron chi connectivity index (χ0n) is 46.2. The summed E-state index contributed by atoms with van der Waals surface area (Å²) >= 11 is 0. The summed E-state index contributed by atoms with van der Waals surface area (Å²) in [6.07, 6.45) is 6.37. The molecule has 492 valence electrons. The van der Waals surface area contributed by atoms with Crippen LogP contribution in [0.15, 0.2) is 121 Å². The van der Waals surface area contributed by atoms with Gasteiger partial charge in [0, 0.05) is 5.56 Å². The molecule has 0 amide bonds. The normalized spacial score (nSPS) is 10.8. The molecule has 8 N–H and O–H groups in total. The molecule has 0 saturated heterocycles. The number of rotatable bonds is 13. The van der Waals surface area contributed by atoms with Crippen molar-refractivity contribution in [1.29, 1.82) is 0 Å². The number of ether oxygens (including phenoxy) is 1. The number of hydrogen-bond acceptors (Lipinski definition) is 9. The molecular formula is C75H138O9. The van der Waals surface area contributed by atoms with Crippen molar-refractivity contribution in [3.63, 3.8) is 0 Å². The Morgan fingerprint density at radius 3 is 1.11 bits per heavy atom. The van der Waals surface area contributed by atoms with Gasteiger partial charge in [-0.05, 0) is 174 Å².